The summed E-state index contributed by atoms with van der Waals surface area (Å²) >= 11 is 0. The molecule has 0 radical (unpaired) electrons. The van der Waals surface area contributed by atoms with Gasteiger partial charge in [-0.15, -0.1) is 0 Å². The molecule has 8 heteroatoms. The largest absolute Gasteiger partial charge is 0.393 e. The van der Waals surface area contributed by atoms with Gasteiger partial charge in [-0.1, -0.05) is 84.9 Å². The topological polar surface area (TPSA) is 128 Å². The standard InChI is InChI=1S/C32H27N7O/c33-31-35-17-23(18-36-31)27-29(21-9-5-2-6-10-21)38-39-19-26(20-7-3-1-4-8-20)28(37-30(27)39)22-11-13-24(14-12-22)32(34)15-25(40)16-32/h1-14,17-19,25,40H,15-16,34H2,(H2,33,35,36)/t25-,32-. The molecule has 1 fully saturated rings. The maximum Gasteiger partial charge on any atom is 0.219 e. The first kappa shape index (κ1) is 24.1. The minimum absolute atomic E-state index is 0.207. The van der Waals surface area contributed by atoms with Crippen molar-refractivity contribution < 1.29 is 5.11 Å². The number of aliphatic hydroxyl groups is 1. The van der Waals surface area contributed by atoms with Crippen LogP contribution >= 0.6 is 0 Å². The Morgan fingerprint density at radius 2 is 1.35 bits per heavy atom. The second-order valence-electron chi connectivity index (χ2n) is 10.4. The fourth-order valence-corrected chi connectivity index (χ4v) is 5.53. The third kappa shape index (κ3) is 4.10. The van der Waals surface area contributed by atoms with E-state index in [0.29, 0.717) is 18.5 Å². The molecule has 8 nitrogen and oxygen atoms in total. The summed E-state index contributed by atoms with van der Waals surface area (Å²) in [5.74, 6) is 0.207. The van der Waals surface area contributed by atoms with Gasteiger partial charge in [0.25, 0.3) is 0 Å². The van der Waals surface area contributed by atoms with E-state index in [-0.39, 0.29) is 12.1 Å². The van der Waals surface area contributed by atoms with Crippen molar-refractivity contribution in [3.63, 3.8) is 0 Å². The van der Waals surface area contributed by atoms with Crippen molar-refractivity contribution in [1.29, 1.82) is 0 Å². The highest BCUT2D eigenvalue weighted by atomic mass is 16.3. The quantitative estimate of drug-likeness (QED) is 0.286. The third-order valence-corrected chi connectivity index (χ3v) is 7.63. The van der Waals surface area contributed by atoms with E-state index in [1.165, 1.54) is 0 Å². The molecule has 3 aromatic carbocycles. The van der Waals surface area contributed by atoms with Gasteiger partial charge in [0.15, 0.2) is 5.65 Å². The summed E-state index contributed by atoms with van der Waals surface area (Å²) in [6, 6.07) is 28.4. The van der Waals surface area contributed by atoms with Crippen molar-refractivity contribution in [1.82, 2.24) is 24.6 Å². The molecule has 196 valence electrons. The Balaban J connectivity index is 1.47. The fourth-order valence-electron chi connectivity index (χ4n) is 5.53. The number of aromatic nitrogens is 5. The molecule has 5 N–H and O–H groups in total. The van der Waals surface area contributed by atoms with E-state index in [9.17, 15) is 5.11 Å². The van der Waals surface area contributed by atoms with Gasteiger partial charge in [0.1, 0.15) is 5.69 Å². The van der Waals surface area contributed by atoms with Crippen LogP contribution in [0.5, 0.6) is 0 Å². The molecule has 0 amide bonds. The van der Waals surface area contributed by atoms with Crippen LogP contribution in [0.1, 0.15) is 18.4 Å². The molecule has 3 aromatic heterocycles. The van der Waals surface area contributed by atoms with Gasteiger partial charge in [-0.25, -0.2) is 19.5 Å². The lowest BCUT2D eigenvalue weighted by molar-refractivity contribution is 0.0209. The number of anilines is 1. The Bertz CT molecular complexity index is 1810. The lowest BCUT2D eigenvalue weighted by Gasteiger charge is -2.42. The van der Waals surface area contributed by atoms with Crippen LogP contribution in [0.15, 0.2) is 104 Å². The second-order valence-corrected chi connectivity index (χ2v) is 10.4. The molecule has 0 saturated heterocycles. The normalized spacial score (nSPS) is 18.5. The monoisotopic (exact) mass is 525 g/mol. The predicted octanol–water partition coefficient (Wildman–Crippen LogP) is 5.08. The van der Waals surface area contributed by atoms with E-state index in [4.69, 9.17) is 21.5 Å². The molecule has 3 heterocycles. The lowest BCUT2D eigenvalue weighted by Crippen LogP contribution is -2.51. The zero-order chi connectivity index (χ0) is 27.3. The summed E-state index contributed by atoms with van der Waals surface area (Å²) in [5.41, 5.74) is 20.7. The molecule has 0 atom stereocenters. The summed E-state index contributed by atoms with van der Waals surface area (Å²) in [5, 5.41) is 14.8. The fraction of sp³-hybridized carbons (Fsp3) is 0.125. The van der Waals surface area contributed by atoms with Crippen molar-refractivity contribution >= 4 is 11.6 Å². The summed E-state index contributed by atoms with van der Waals surface area (Å²) in [7, 11) is 0. The zero-order valence-corrected chi connectivity index (χ0v) is 21.6. The molecular weight excluding hydrogens is 498 g/mol. The number of nitrogens with two attached hydrogens (primary N) is 2. The molecule has 1 aliphatic rings. The smallest absolute Gasteiger partial charge is 0.219 e. The molecule has 40 heavy (non-hydrogen) atoms. The molecule has 1 aliphatic carbocycles. The van der Waals surface area contributed by atoms with Gasteiger partial charge in [0.2, 0.25) is 5.95 Å². The van der Waals surface area contributed by atoms with E-state index in [1.54, 1.807) is 12.4 Å². The van der Waals surface area contributed by atoms with Gasteiger partial charge in [-0.3, -0.25) is 0 Å². The SMILES string of the molecule is Nc1ncc(-c2c(-c3ccccc3)nn3cc(-c4ccccc4)c(-c4ccc([C@]5(N)C[C@H](O)C5)cc4)nc23)cn1. The summed E-state index contributed by atoms with van der Waals surface area (Å²) in [6.07, 6.45) is 6.24. The van der Waals surface area contributed by atoms with E-state index in [0.717, 1.165) is 50.3 Å². The molecule has 0 unspecified atom stereocenters. The van der Waals surface area contributed by atoms with Crippen molar-refractivity contribution in [3.8, 4) is 44.8 Å². The van der Waals surface area contributed by atoms with Crippen LogP contribution in [-0.2, 0) is 5.54 Å². The number of rotatable bonds is 5. The van der Waals surface area contributed by atoms with E-state index in [1.807, 2.05) is 71.4 Å². The number of aliphatic hydroxyl groups excluding tert-OH is 1. The van der Waals surface area contributed by atoms with Crippen molar-refractivity contribution in [2.75, 3.05) is 5.73 Å². The van der Waals surface area contributed by atoms with Crippen LogP contribution in [-0.4, -0.2) is 35.8 Å². The maximum absolute atomic E-state index is 9.85. The number of hydrogen-bond donors (Lipinski definition) is 3. The Kier molecular flexibility index (Phi) is 5.66. The van der Waals surface area contributed by atoms with Gasteiger partial charge in [-0.2, -0.15) is 5.10 Å². The minimum Gasteiger partial charge on any atom is -0.393 e. The molecule has 0 spiro atoms. The Hall–Kier alpha value is -4.92. The Morgan fingerprint density at radius 3 is 1.98 bits per heavy atom. The molecule has 1 saturated carbocycles. The van der Waals surface area contributed by atoms with Gasteiger partial charge >= 0.3 is 0 Å². The number of nitrogen functional groups attached to an aromatic ring is 1. The molecule has 0 bridgehead atoms. The number of nitrogens with zero attached hydrogens (tertiary/aromatic N) is 5. The Morgan fingerprint density at radius 1 is 0.750 bits per heavy atom. The summed E-state index contributed by atoms with van der Waals surface area (Å²) in [4.78, 5) is 13.7. The van der Waals surface area contributed by atoms with Crippen molar-refractivity contribution in [2.45, 2.75) is 24.5 Å². The Labute approximate surface area is 231 Å². The number of benzene rings is 3. The predicted molar refractivity (Wildman–Crippen MR) is 156 cm³/mol. The van der Waals surface area contributed by atoms with Crippen LogP contribution < -0.4 is 11.5 Å². The maximum atomic E-state index is 9.85. The van der Waals surface area contributed by atoms with Crippen LogP contribution in [0.4, 0.5) is 5.95 Å². The third-order valence-electron chi connectivity index (χ3n) is 7.63. The average molecular weight is 526 g/mol. The second kappa shape index (κ2) is 9.37. The van der Waals surface area contributed by atoms with Crippen molar-refractivity contribution in [3.05, 3.63) is 109 Å². The van der Waals surface area contributed by atoms with Gasteiger partial charge < -0.3 is 16.6 Å². The molecule has 6 aromatic rings. The van der Waals surface area contributed by atoms with Crippen molar-refractivity contribution in [2.24, 2.45) is 5.73 Å². The first-order chi connectivity index (χ1) is 19.5. The minimum atomic E-state index is -0.490. The van der Waals surface area contributed by atoms with E-state index in [2.05, 4.69) is 34.2 Å². The zero-order valence-electron chi connectivity index (χ0n) is 21.6. The van der Waals surface area contributed by atoms with Gasteiger partial charge in [-0.05, 0) is 24.0 Å². The van der Waals surface area contributed by atoms with Crippen LogP contribution in [0.25, 0.3) is 50.4 Å². The average Bonchev–Trinajstić information content (AvgIpc) is 3.36. The molecule has 7 rings (SSSR count). The van der Waals surface area contributed by atoms with E-state index >= 15 is 0 Å². The van der Waals surface area contributed by atoms with Crippen LogP contribution in [0.2, 0.25) is 0 Å². The summed E-state index contributed by atoms with van der Waals surface area (Å²) < 4.78 is 1.83. The highest BCUT2D eigenvalue weighted by Crippen LogP contribution is 2.41. The first-order valence-electron chi connectivity index (χ1n) is 13.2. The first-order valence-corrected chi connectivity index (χ1v) is 13.2. The highest BCUT2D eigenvalue weighted by molar-refractivity contribution is 5.92. The number of hydrogen-bond acceptors (Lipinski definition) is 7. The molecular formula is C32H27N7O. The number of fused-ring (bicyclic) bond motifs is 1. The van der Waals surface area contributed by atoms with Gasteiger partial charge in [0.05, 0.1) is 17.4 Å². The molecule has 0 aliphatic heterocycles. The lowest BCUT2D eigenvalue weighted by atomic mass is 9.70. The van der Waals surface area contributed by atoms with Gasteiger partial charge in [0, 0.05) is 46.4 Å². The highest BCUT2D eigenvalue weighted by Gasteiger charge is 2.41. The van der Waals surface area contributed by atoms with Crippen LogP contribution in [0, 0.1) is 0 Å². The van der Waals surface area contributed by atoms with E-state index < -0.39 is 5.54 Å². The summed E-state index contributed by atoms with van der Waals surface area (Å²) in [6.45, 7) is 0. The van der Waals surface area contributed by atoms with Crippen LogP contribution in [0.3, 0.4) is 0 Å².